The molecule has 0 spiro atoms. The number of hydrogen-bond donors (Lipinski definition) is 2. The summed E-state index contributed by atoms with van der Waals surface area (Å²) in [6.07, 6.45) is -2.45. The van der Waals surface area contributed by atoms with Gasteiger partial charge in [-0.1, -0.05) is 0 Å². The summed E-state index contributed by atoms with van der Waals surface area (Å²) in [5, 5.41) is 12.0. The number of aromatic nitrogens is 2. The van der Waals surface area contributed by atoms with Crippen molar-refractivity contribution < 1.29 is 23.1 Å². The second kappa shape index (κ2) is 5.84. The molecular weight excluding hydrogens is 315 g/mol. The lowest BCUT2D eigenvalue weighted by Crippen LogP contribution is -2.53. The van der Waals surface area contributed by atoms with Crippen molar-refractivity contribution in [2.24, 2.45) is 0 Å². The molecule has 126 valence electrons. The van der Waals surface area contributed by atoms with Crippen molar-refractivity contribution in [3.05, 3.63) is 18.0 Å². The van der Waals surface area contributed by atoms with Crippen LogP contribution in [0.1, 0.15) is 25.0 Å². The highest BCUT2D eigenvalue weighted by Crippen LogP contribution is 2.31. The van der Waals surface area contributed by atoms with Gasteiger partial charge in [-0.15, -0.1) is 0 Å². The maximum Gasteiger partial charge on any atom is 0.433 e. The van der Waals surface area contributed by atoms with Gasteiger partial charge in [-0.2, -0.15) is 13.2 Å². The fourth-order valence-corrected chi connectivity index (χ4v) is 3.08. The standard InChI is InChI=1S/C13H16F3N5O2/c14-13(15,16)9-3-5-17-11(18-9)19-10-2-1-8-4-6-20(12(22)23)7-21(8)10/h3,5,8,10H,1-2,4,6-7H2,(H,22,23)(H,17,18,19)/t8-,10-/m0/s1. The number of fused-ring (bicyclic) bond motifs is 1. The SMILES string of the molecule is O=C(O)N1CC[C@@H]2CC[C@@H](Nc3nccc(C(F)(F)F)n3)N2C1. The molecule has 2 saturated heterocycles. The Labute approximate surface area is 130 Å². The molecule has 2 fully saturated rings. The van der Waals surface area contributed by atoms with Crippen molar-refractivity contribution in [2.45, 2.75) is 37.6 Å². The second-order valence-electron chi connectivity index (χ2n) is 5.64. The van der Waals surface area contributed by atoms with Crippen molar-refractivity contribution in [2.75, 3.05) is 18.5 Å². The number of anilines is 1. The van der Waals surface area contributed by atoms with Gasteiger partial charge < -0.3 is 10.4 Å². The zero-order valence-corrected chi connectivity index (χ0v) is 12.1. The number of amides is 1. The van der Waals surface area contributed by atoms with Gasteiger partial charge in [-0.3, -0.25) is 9.80 Å². The first kappa shape index (κ1) is 15.8. The van der Waals surface area contributed by atoms with Crippen LogP contribution in [0, 0.1) is 0 Å². The first-order chi connectivity index (χ1) is 10.8. The summed E-state index contributed by atoms with van der Waals surface area (Å²) in [6.45, 7) is 0.708. The first-order valence-corrected chi connectivity index (χ1v) is 7.25. The quantitative estimate of drug-likeness (QED) is 0.863. The van der Waals surface area contributed by atoms with Crippen LogP contribution in [0.15, 0.2) is 12.3 Å². The molecule has 1 aromatic rings. The van der Waals surface area contributed by atoms with Crippen molar-refractivity contribution in [1.82, 2.24) is 19.8 Å². The van der Waals surface area contributed by atoms with Gasteiger partial charge in [0.1, 0.15) is 5.69 Å². The topological polar surface area (TPSA) is 81.6 Å². The maximum atomic E-state index is 12.7. The zero-order valence-electron chi connectivity index (χ0n) is 12.1. The lowest BCUT2D eigenvalue weighted by molar-refractivity contribution is -0.141. The third-order valence-corrected chi connectivity index (χ3v) is 4.22. The van der Waals surface area contributed by atoms with Crippen LogP contribution in [0.25, 0.3) is 0 Å². The molecule has 1 aromatic heterocycles. The van der Waals surface area contributed by atoms with E-state index in [2.05, 4.69) is 15.3 Å². The number of hydrogen-bond acceptors (Lipinski definition) is 5. The summed E-state index contributed by atoms with van der Waals surface area (Å²) < 4.78 is 38.1. The fourth-order valence-electron chi connectivity index (χ4n) is 3.08. The minimum absolute atomic E-state index is 0.0991. The normalized spacial score (nSPS) is 25.3. The van der Waals surface area contributed by atoms with Gasteiger partial charge in [-0.25, -0.2) is 14.8 Å². The summed E-state index contributed by atoms with van der Waals surface area (Å²) in [6, 6.07) is 1.05. The molecule has 0 aliphatic carbocycles. The van der Waals surface area contributed by atoms with Crippen LogP contribution in [-0.4, -0.2) is 56.4 Å². The second-order valence-corrected chi connectivity index (χ2v) is 5.64. The van der Waals surface area contributed by atoms with E-state index in [4.69, 9.17) is 5.11 Å². The minimum atomic E-state index is -4.52. The fraction of sp³-hybridized carbons (Fsp3) is 0.615. The van der Waals surface area contributed by atoms with Gasteiger partial charge in [0.25, 0.3) is 0 Å². The number of alkyl halides is 3. The molecule has 2 aliphatic heterocycles. The number of nitrogens with one attached hydrogen (secondary N) is 1. The van der Waals surface area contributed by atoms with Crippen LogP contribution in [-0.2, 0) is 6.18 Å². The van der Waals surface area contributed by atoms with Gasteiger partial charge in [0.15, 0.2) is 0 Å². The van der Waals surface area contributed by atoms with Crippen molar-refractivity contribution in [1.29, 1.82) is 0 Å². The highest BCUT2D eigenvalue weighted by molar-refractivity contribution is 5.65. The third-order valence-electron chi connectivity index (χ3n) is 4.22. The Balaban J connectivity index is 1.72. The molecule has 0 radical (unpaired) electrons. The number of halogens is 3. The molecule has 3 rings (SSSR count). The van der Waals surface area contributed by atoms with Crippen molar-refractivity contribution in [3.63, 3.8) is 0 Å². The molecule has 0 bridgehead atoms. The van der Waals surface area contributed by atoms with E-state index in [-0.39, 0.29) is 24.8 Å². The summed E-state index contributed by atoms with van der Waals surface area (Å²) >= 11 is 0. The molecule has 7 nitrogen and oxygen atoms in total. The average Bonchev–Trinajstić information content (AvgIpc) is 2.89. The van der Waals surface area contributed by atoms with E-state index in [9.17, 15) is 18.0 Å². The summed E-state index contributed by atoms with van der Waals surface area (Å²) in [5.41, 5.74) is -1.00. The van der Waals surface area contributed by atoms with Gasteiger partial charge in [0, 0.05) is 18.8 Å². The molecule has 23 heavy (non-hydrogen) atoms. The van der Waals surface area contributed by atoms with E-state index in [1.807, 2.05) is 4.90 Å². The van der Waals surface area contributed by atoms with E-state index in [1.54, 1.807) is 0 Å². The summed E-state index contributed by atoms with van der Waals surface area (Å²) in [7, 11) is 0. The van der Waals surface area contributed by atoms with E-state index < -0.39 is 18.0 Å². The minimum Gasteiger partial charge on any atom is -0.465 e. The van der Waals surface area contributed by atoms with Crippen molar-refractivity contribution >= 4 is 12.0 Å². The molecule has 2 N–H and O–H groups in total. The number of carbonyl (C=O) groups is 1. The Hall–Kier alpha value is -2.10. The number of rotatable bonds is 2. The van der Waals surface area contributed by atoms with Crippen LogP contribution in [0.4, 0.5) is 23.9 Å². The van der Waals surface area contributed by atoms with Gasteiger partial charge in [0.2, 0.25) is 5.95 Å². The van der Waals surface area contributed by atoms with E-state index in [0.717, 1.165) is 18.7 Å². The number of nitrogens with zero attached hydrogens (tertiary/aromatic N) is 4. The summed E-state index contributed by atoms with van der Waals surface area (Å²) in [4.78, 5) is 21.7. The monoisotopic (exact) mass is 331 g/mol. The van der Waals surface area contributed by atoms with Crippen LogP contribution in [0.5, 0.6) is 0 Å². The molecule has 2 atom stereocenters. The Bertz CT molecular complexity index is 597. The Morgan fingerprint density at radius 3 is 2.83 bits per heavy atom. The van der Waals surface area contributed by atoms with Crippen LogP contribution >= 0.6 is 0 Å². The first-order valence-electron chi connectivity index (χ1n) is 7.25. The predicted molar refractivity (Wildman–Crippen MR) is 73.5 cm³/mol. The Kier molecular flexibility index (Phi) is 4.00. The molecule has 2 aliphatic rings. The van der Waals surface area contributed by atoms with Crippen LogP contribution in [0.2, 0.25) is 0 Å². The van der Waals surface area contributed by atoms with Gasteiger partial charge >= 0.3 is 12.3 Å². The smallest absolute Gasteiger partial charge is 0.433 e. The van der Waals surface area contributed by atoms with Crippen molar-refractivity contribution in [3.8, 4) is 0 Å². The van der Waals surface area contributed by atoms with Gasteiger partial charge in [0.05, 0.1) is 12.8 Å². The molecule has 1 amide bonds. The van der Waals surface area contributed by atoms with Gasteiger partial charge in [-0.05, 0) is 25.3 Å². The molecule has 3 heterocycles. The molecule has 0 saturated carbocycles. The average molecular weight is 331 g/mol. The molecule has 0 aromatic carbocycles. The lowest BCUT2D eigenvalue weighted by atomic mass is 10.1. The van der Waals surface area contributed by atoms with E-state index in [0.29, 0.717) is 19.4 Å². The predicted octanol–water partition coefficient (Wildman–Crippen LogP) is 2.04. The largest absolute Gasteiger partial charge is 0.465 e. The molecular formula is C13H16F3N5O2. The van der Waals surface area contributed by atoms with E-state index >= 15 is 0 Å². The third kappa shape index (κ3) is 3.31. The Morgan fingerprint density at radius 1 is 1.35 bits per heavy atom. The summed E-state index contributed by atoms with van der Waals surface area (Å²) in [5.74, 6) is -0.0991. The highest BCUT2D eigenvalue weighted by atomic mass is 19.4. The molecule has 10 heteroatoms. The zero-order chi connectivity index (χ0) is 16.6. The van der Waals surface area contributed by atoms with E-state index in [1.165, 1.54) is 4.90 Å². The Morgan fingerprint density at radius 2 is 2.13 bits per heavy atom. The molecule has 0 unspecified atom stereocenters. The van der Waals surface area contributed by atoms with Crippen LogP contribution in [0.3, 0.4) is 0 Å². The van der Waals surface area contributed by atoms with Crippen LogP contribution < -0.4 is 5.32 Å². The highest BCUT2D eigenvalue weighted by Gasteiger charge is 2.39. The number of carboxylic acid groups (broad SMARTS) is 1. The maximum absolute atomic E-state index is 12.7. The lowest BCUT2D eigenvalue weighted by Gasteiger charge is -2.39.